The van der Waals surface area contributed by atoms with Gasteiger partial charge in [0.25, 0.3) is 5.69 Å². The van der Waals surface area contributed by atoms with Gasteiger partial charge in [0.1, 0.15) is 11.4 Å². The summed E-state index contributed by atoms with van der Waals surface area (Å²) in [5.74, 6) is 0.599. The lowest BCUT2D eigenvalue weighted by Gasteiger charge is -2.22. The molecule has 0 aliphatic heterocycles. The molecule has 1 aromatic heterocycles. The van der Waals surface area contributed by atoms with Gasteiger partial charge in [-0.3, -0.25) is 15.5 Å². The average Bonchev–Trinajstić information content (AvgIpc) is 2.86. The zero-order valence-electron chi connectivity index (χ0n) is 20.5. The molecular weight excluding hydrogens is 448 g/mol. The van der Waals surface area contributed by atoms with E-state index in [0.717, 1.165) is 12.2 Å². The van der Waals surface area contributed by atoms with E-state index in [0.29, 0.717) is 34.9 Å². The molecule has 1 heterocycles. The largest absolute Gasteiger partial charge is 0.494 e. The number of nitro benzene ring substituents is 1. The maximum Gasteiger partial charge on any atom is 0.294 e. The number of ether oxygens (including phenoxy) is 1. The van der Waals surface area contributed by atoms with Gasteiger partial charge in [-0.2, -0.15) is 0 Å². The summed E-state index contributed by atoms with van der Waals surface area (Å²) in [6, 6.07) is 12.1. The summed E-state index contributed by atoms with van der Waals surface area (Å²) in [5.41, 5.74) is 2.84. The molecule has 0 spiro atoms. The van der Waals surface area contributed by atoms with Crippen molar-refractivity contribution in [3.05, 3.63) is 70.0 Å². The molecule has 2 aromatic carbocycles. The summed E-state index contributed by atoms with van der Waals surface area (Å²) in [7, 11) is 8.99. The van der Waals surface area contributed by atoms with E-state index in [1.165, 1.54) is 19.4 Å². The number of nitro groups is 1. The molecule has 184 valence electrons. The molecule has 11 heteroatoms. The molecule has 0 amide bonds. The predicted octanol–water partition coefficient (Wildman–Crippen LogP) is 3.59. The molecule has 0 aliphatic rings. The first-order valence-electron chi connectivity index (χ1n) is 10.9. The van der Waals surface area contributed by atoms with E-state index in [1.807, 2.05) is 48.2 Å². The first-order chi connectivity index (χ1) is 16.7. The SMILES string of the molecule is CNc1ccccc1C(=N)c1ccnc(Nc2cc([N+](=O)[O-])c(N(C)CCN(C)C)cc2OC)n1. The van der Waals surface area contributed by atoms with Crippen molar-refractivity contribution in [2.75, 3.05) is 63.9 Å². The molecule has 35 heavy (non-hydrogen) atoms. The Bertz CT molecular complexity index is 1220. The zero-order chi connectivity index (χ0) is 25.5. The van der Waals surface area contributed by atoms with Crippen LogP contribution in [0.3, 0.4) is 0 Å². The Balaban J connectivity index is 1.94. The highest BCUT2D eigenvalue weighted by molar-refractivity contribution is 6.13. The van der Waals surface area contributed by atoms with Gasteiger partial charge in [0.15, 0.2) is 0 Å². The van der Waals surface area contributed by atoms with Crippen molar-refractivity contribution in [1.82, 2.24) is 14.9 Å². The van der Waals surface area contributed by atoms with Gasteiger partial charge in [-0.1, -0.05) is 18.2 Å². The van der Waals surface area contributed by atoms with Crippen LogP contribution in [0.1, 0.15) is 11.3 Å². The number of hydrogen-bond acceptors (Lipinski definition) is 10. The summed E-state index contributed by atoms with van der Waals surface area (Å²) >= 11 is 0. The first kappa shape index (κ1) is 25.4. The third-order valence-corrected chi connectivity index (χ3v) is 5.41. The number of para-hydroxylation sites is 1. The van der Waals surface area contributed by atoms with Crippen molar-refractivity contribution in [2.45, 2.75) is 0 Å². The number of anilines is 4. The first-order valence-corrected chi connectivity index (χ1v) is 10.9. The van der Waals surface area contributed by atoms with Gasteiger partial charge in [0, 0.05) is 56.8 Å². The Morgan fingerprint density at radius 2 is 1.89 bits per heavy atom. The van der Waals surface area contributed by atoms with Gasteiger partial charge in [-0.05, 0) is 26.2 Å². The van der Waals surface area contributed by atoms with Crippen LogP contribution >= 0.6 is 0 Å². The molecule has 0 radical (unpaired) electrons. The van der Waals surface area contributed by atoms with Crippen LogP contribution < -0.4 is 20.3 Å². The van der Waals surface area contributed by atoms with Crippen molar-refractivity contribution < 1.29 is 9.66 Å². The van der Waals surface area contributed by atoms with Crippen molar-refractivity contribution in [3.63, 3.8) is 0 Å². The fourth-order valence-corrected chi connectivity index (χ4v) is 3.48. The Morgan fingerprint density at radius 1 is 1.14 bits per heavy atom. The van der Waals surface area contributed by atoms with Gasteiger partial charge in [0.05, 0.1) is 29.1 Å². The second kappa shape index (κ2) is 11.3. The zero-order valence-corrected chi connectivity index (χ0v) is 20.5. The maximum absolute atomic E-state index is 11.9. The van der Waals surface area contributed by atoms with Crippen LogP contribution in [0.4, 0.5) is 28.7 Å². The lowest BCUT2D eigenvalue weighted by molar-refractivity contribution is -0.384. The Labute approximate surface area is 204 Å². The second-order valence-corrected chi connectivity index (χ2v) is 8.08. The standard InChI is InChI=1S/C24H30N8O3/c1-26-17-9-7-6-8-16(17)23(25)18-10-11-27-24(28-18)29-19-14-21(32(33)34)20(15-22(19)35-5)31(4)13-12-30(2)3/h6-11,14-15,25-26H,12-13H2,1-5H3,(H,27,28,29). The molecule has 0 fully saturated rings. The van der Waals surface area contributed by atoms with E-state index < -0.39 is 4.92 Å². The highest BCUT2D eigenvalue weighted by Gasteiger charge is 2.22. The van der Waals surface area contributed by atoms with Gasteiger partial charge in [-0.15, -0.1) is 0 Å². The second-order valence-electron chi connectivity index (χ2n) is 8.08. The number of nitrogens with zero attached hydrogens (tertiary/aromatic N) is 5. The average molecular weight is 479 g/mol. The van der Waals surface area contributed by atoms with E-state index in [1.54, 1.807) is 26.2 Å². The fourth-order valence-electron chi connectivity index (χ4n) is 3.48. The summed E-state index contributed by atoms with van der Waals surface area (Å²) in [4.78, 5) is 24.0. The number of aromatic nitrogens is 2. The Morgan fingerprint density at radius 3 is 2.54 bits per heavy atom. The lowest BCUT2D eigenvalue weighted by Crippen LogP contribution is -2.29. The topological polar surface area (TPSA) is 133 Å². The van der Waals surface area contributed by atoms with E-state index in [2.05, 4.69) is 20.6 Å². The molecule has 0 aliphatic carbocycles. The van der Waals surface area contributed by atoms with Crippen LogP contribution in [-0.2, 0) is 0 Å². The molecule has 11 nitrogen and oxygen atoms in total. The summed E-state index contributed by atoms with van der Waals surface area (Å²) < 4.78 is 5.52. The van der Waals surface area contributed by atoms with E-state index >= 15 is 0 Å². The molecule has 3 N–H and O–H groups in total. The fraction of sp³-hybridized carbons (Fsp3) is 0.292. The molecule has 0 bridgehead atoms. The molecular formula is C24H30N8O3. The number of likely N-dealkylation sites (N-methyl/N-ethyl adjacent to an activating group) is 2. The molecule has 0 saturated heterocycles. The maximum atomic E-state index is 11.9. The molecule has 3 rings (SSSR count). The minimum atomic E-state index is -0.423. The highest BCUT2D eigenvalue weighted by atomic mass is 16.6. The predicted molar refractivity (Wildman–Crippen MR) is 139 cm³/mol. The number of hydrogen-bond donors (Lipinski definition) is 3. The van der Waals surface area contributed by atoms with Crippen LogP contribution in [0, 0.1) is 15.5 Å². The number of nitrogens with one attached hydrogen (secondary N) is 3. The third-order valence-electron chi connectivity index (χ3n) is 5.41. The molecule has 3 aromatic rings. The van der Waals surface area contributed by atoms with E-state index in [-0.39, 0.29) is 17.3 Å². The summed E-state index contributed by atoms with van der Waals surface area (Å²) in [5, 5.41) is 26.6. The van der Waals surface area contributed by atoms with Crippen molar-refractivity contribution in [1.29, 1.82) is 5.41 Å². The smallest absolute Gasteiger partial charge is 0.294 e. The van der Waals surface area contributed by atoms with Crippen LogP contribution in [0.15, 0.2) is 48.7 Å². The third kappa shape index (κ3) is 6.01. The van der Waals surface area contributed by atoms with Crippen molar-refractivity contribution >= 4 is 34.4 Å². The minimum absolute atomic E-state index is 0.0681. The number of benzene rings is 2. The van der Waals surface area contributed by atoms with Crippen LogP contribution in [0.2, 0.25) is 0 Å². The van der Waals surface area contributed by atoms with Gasteiger partial charge in [0.2, 0.25) is 5.95 Å². The number of rotatable bonds is 11. The van der Waals surface area contributed by atoms with E-state index in [9.17, 15) is 10.1 Å². The van der Waals surface area contributed by atoms with Gasteiger partial charge < -0.3 is 25.2 Å². The Kier molecular flexibility index (Phi) is 8.16. The highest BCUT2D eigenvalue weighted by Crippen LogP contribution is 2.38. The van der Waals surface area contributed by atoms with Crippen LogP contribution in [-0.4, -0.2) is 73.9 Å². The van der Waals surface area contributed by atoms with Crippen LogP contribution in [0.5, 0.6) is 5.75 Å². The van der Waals surface area contributed by atoms with E-state index in [4.69, 9.17) is 10.1 Å². The lowest BCUT2D eigenvalue weighted by atomic mass is 10.1. The quantitative estimate of drug-likeness (QED) is 0.215. The minimum Gasteiger partial charge on any atom is -0.494 e. The Hall–Kier alpha value is -4.25. The number of methoxy groups -OCH3 is 1. The van der Waals surface area contributed by atoms with Gasteiger partial charge in [-0.25, -0.2) is 9.97 Å². The molecule has 0 unspecified atom stereocenters. The monoisotopic (exact) mass is 478 g/mol. The van der Waals surface area contributed by atoms with Gasteiger partial charge >= 0.3 is 0 Å². The van der Waals surface area contributed by atoms with Crippen molar-refractivity contribution in [2.24, 2.45) is 0 Å². The molecule has 0 atom stereocenters. The van der Waals surface area contributed by atoms with Crippen molar-refractivity contribution in [3.8, 4) is 5.75 Å². The summed E-state index contributed by atoms with van der Waals surface area (Å²) in [6.45, 7) is 1.34. The van der Waals surface area contributed by atoms with Crippen LogP contribution in [0.25, 0.3) is 0 Å². The summed E-state index contributed by atoms with van der Waals surface area (Å²) in [6.07, 6.45) is 1.53. The normalized spacial score (nSPS) is 10.7. The molecule has 0 saturated carbocycles.